The van der Waals surface area contributed by atoms with E-state index < -0.39 is 24.4 Å². The molecule has 1 fully saturated rings. The summed E-state index contributed by atoms with van der Waals surface area (Å²) in [6.07, 6.45) is -3.37. The number of aliphatic hydroxyl groups is 4. The van der Waals surface area contributed by atoms with E-state index in [-0.39, 0.29) is 24.9 Å². The highest BCUT2D eigenvalue weighted by molar-refractivity contribution is 7.17. The zero-order chi connectivity index (χ0) is 13.9. The van der Waals surface area contributed by atoms with Crippen LogP contribution in [0.1, 0.15) is 6.92 Å². The van der Waals surface area contributed by atoms with E-state index in [0.717, 1.165) is 0 Å². The van der Waals surface area contributed by atoms with Gasteiger partial charge in [-0.05, 0) is 12.7 Å². The SMILES string of the molecule is CC(P)C(O)CN(C)C1COC(CO)C(O)C1O. The molecule has 18 heavy (non-hydrogen) atoms. The van der Waals surface area contributed by atoms with Gasteiger partial charge in [0.2, 0.25) is 0 Å². The van der Waals surface area contributed by atoms with Crippen LogP contribution < -0.4 is 0 Å². The third-order valence-electron chi connectivity index (χ3n) is 3.43. The van der Waals surface area contributed by atoms with Crippen LogP contribution in [0.4, 0.5) is 0 Å². The summed E-state index contributed by atoms with van der Waals surface area (Å²) in [4.78, 5) is 1.77. The molecule has 0 aromatic rings. The highest BCUT2D eigenvalue weighted by atomic mass is 31.0. The molecular formula is C11H24NO5P. The molecule has 4 N–H and O–H groups in total. The zero-order valence-electron chi connectivity index (χ0n) is 10.8. The lowest BCUT2D eigenvalue weighted by atomic mass is 9.97. The lowest BCUT2D eigenvalue weighted by Crippen LogP contribution is -2.60. The first-order valence-electron chi connectivity index (χ1n) is 6.11. The predicted molar refractivity (Wildman–Crippen MR) is 70.4 cm³/mol. The van der Waals surface area contributed by atoms with Gasteiger partial charge in [0.05, 0.1) is 25.4 Å². The molecular weight excluding hydrogens is 257 g/mol. The molecule has 0 aromatic heterocycles. The summed E-state index contributed by atoms with van der Waals surface area (Å²) in [5.74, 6) is 0. The van der Waals surface area contributed by atoms with E-state index in [4.69, 9.17) is 9.84 Å². The monoisotopic (exact) mass is 281 g/mol. The number of rotatable bonds is 5. The molecule has 1 aliphatic rings. The van der Waals surface area contributed by atoms with Gasteiger partial charge < -0.3 is 25.2 Å². The quantitative estimate of drug-likeness (QED) is 0.437. The number of ether oxygens (including phenoxy) is 1. The average Bonchev–Trinajstić information content (AvgIpc) is 2.32. The largest absolute Gasteiger partial charge is 0.394 e. The predicted octanol–water partition coefficient (Wildman–Crippen LogP) is -1.98. The van der Waals surface area contributed by atoms with Crippen molar-refractivity contribution in [3.8, 4) is 0 Å². The highest BCUT2D eigenvalue weighted by Gasteiger charge is 2.40. The Morgan fingerprint density at radius 3 is 2.50 bits per heavy atom. The third-order valence-corrected chi connectivity index (χ3v) is 3.88. The van der Waals surface area contributed by atoms with E-state index in [9.17, 15) is 15.3 Å². The summed E-state index contributed by atoms with van der Waals surface area (Å²) < 4.78 is 5.30. The fourth-order valence-corrected chi connectivity index (χ4v) is 2.13. The summed E-state index contributed by atoms with van der Waals surface area (Å²) >= 11 is 0. The fourth-order valence-electron chi connectivity index (χ4n) is 2.01. The Hall–Kier alpha value is 0.190. The van der Waals surface area contributed by atoms with Crippen molar-refractivity contribution in [2.24, 2.45) is 0 Å². The van der Waals surface area contributed by atoms with E-state index >= 15 is 0 Å². The summed E-state index contributed by atoms with van der Waals surface area (Å²) in [7, 11) is 4.29. The van der Waals surface area contributed by atoms with Gasteiger partial charge in [0, 0.05) is 6.54 Å². The van der Waals surface area contributed by atoms with Gasteiger partial charge in [-0.25, -0.2) is 0 Å². The molecule has 0 amide bonds. The van der Waals surface area contributed by atoms with E-state index in [1.54, 1.807) is 11.9 Å². The first kappa shape index (κ1) is 16.2. The summed E-state index contributed by atoms with van der Waals surface area (Å²) in [6, 6.07) is -0.388. The lowest BCUT2D eigenvalue weighted by molar-refractivity contribution is -0.180. The molecule has 0 saturated carbocycles. The topological polar surface area (TPSA) is 93.4 Å². The van der Waals surface area contributed by atoms with Crippen molar-refractivity contribution >= 4 is 9.24 Å². The molecule has 0 aliphatic carbocycles. The number of likely N-dealkylation sites (N-methyl/N-ethyl adjacent to an activating group) is 1. The van der Waals surface area contributed by atoms with Crippen molar-refractivity contribution in [2.45, 2.75) is 43.0 Å². The van der Waals surface area contributed by atoms with Crippen molar-refractivity contribution in [1.82, 2.24) is 4.90 Å². The molecule has 7 atom stereocenters. The fraction of sp³-hybridized carbons (Fsp3) is 1.00. The molecule has 1 saturated heterocycles. The second kappa shape index (κ2) is 7.10. The van der Waals surface area contributed by atoms with Crippen LogP contribution >= 0.6 is 9.24 Å². The second-order valence-electron chi connectivity index (χ2n) is 4.97. The van der Waals surface area contributed by atoms with Crippen LogP contribution in [0.3, 0.4) is 0 Å². The highest BCUT2D eigenvalue weighted by Crippen LogP contribution is 2.19. The van der Waals surface area contributed by atoms with Crippen molar-refractivity contribution in [2.75, 3.05) is 26.8 Å². The minimum Gasteiger partial charge on any atom is -0.394 e. The summed E-state index contributed by atoms with van der Waals surface area (Å²) in [6.45, 7) is 2.16. The van der Waals surface area contributed by atoms with Crippen LogP contribution in [0.15, 0.2) is 0 Å². The Morgan fingerprint density at radius 2 is 2.00 bits per heavy atom. The Morgan fingerprint density at radius 1 is 1.39 bits per heavy atom. The third kappa shape index (κ3) is 3.84. The van der Waals surface area contributed by atoms with Crippen molar-refractivity contribution < 1.29 is 25.2 Å². The Labute approximate surface area is 110 Å². The van der Waals surface area contributed by atoms with Gasteiger partial charge in [-0.2, -0.15) is 0 Å². The molecule has 0 radical (unpaired) electrons. The molecule has 7 unspecified atom stereocenters. The van der Waals surface area contributed by atoms with Crippen LogP contribution in [0.5, 0.6) is 0 Å². The standard InChI is InChI=1S/C11H24NO5P/c1-6(18)8(14)3-12(2)7-5-17-9(4-13)11(16)10(7)15/h6-11,13-16H,3-5,18H2,1-2H3. The van der Waals surface area contributed by atoms with Crippen LogP contribution in [-0.4, -0.2) is 88.2 Å². The van der Waals surface area contributed by atoms with Crippen molar-refractivity contribution in [3.05, 3.63) is 0 Å². The van der Waals surface area contributed by atoms with Crippen molar-refractivity contribution in [1.29, 1.82) is 0 Å². The Balaban J connectivity index is 2.56. The van der Waals surface area contributed by atoms with E-state index in [1.807, 2.05) is 6.92 Å². The van der Waals surface area contributed by atoms with E-state index in [0.29, 0.717) is 6.54 Å². The van der Waals surface area contributed by atoms with Crippen molar-refractivity contribution in [3.63, 3.8) is 0 Å². The minimum absolute atomic E-state index is 0.0456. The molecule has 1 aliphatic heterocycles. The van der Waals surface area contributed by atoms with Crippen LogP contribution in [0.25, 0.3) is 0 Å². The van der Waals surface area contributed by atoms with Gasteiger partial charge in [-0.15, -0.1) is 9.24 Å². The maximum absolute atomic E-state index is 9.99. The van der Waals surface area contributed by atoms with Gasteiger partial charge in [-0.3, -0.25) is 4.90 Å². The number of nitrogens with zero attached hydrogens (tertiary/aromatic N) is 1. The number of hydrogen-bond donors (Lipinski definition) is 4. The molecule has 108 valence electrons. The molecule has 7 heteroatoms. The maximum atomic E-state index is 9.99. The van der Waals surface area contributed by atoms with Gasteiger partial charge in [0.1, 0.15) is 18.3 Å². The molecule has 0 bridgehead atoms. The molecule has 0 spiro atoms. The number of aliphatic hydroxyl groups excluding tert-OH is 4. The van der Waals surface area contributed by atoms with Gasteiger partial charge in [0.15, 0.2) is 0 Å². The first-order valence-corrected chi connectivity index (χ1v) is 6.77. The van der Waals surface area contributed by atoms with Crippen LogP contribution in [0, 0.1) is 0 Å². The van der Waals surface area contributed by atoms with E-state index in [1.165, 1.54) is 0 Å². The maximum Gasteiger partial charge on any atom is 0.110 e. The average molecular weight is 281 g/mol. The number of hydrogen-bond acceptors (Lipinski definition) is 6. The summed E-state index contributed by atoms with van der Waals surface area (Å²) in [5.41, 5.74) is 0.0456. The van der Waals surface area contributed by atoms with Gasteiger partial charge >= 0.3 is 0 Å². The summed E-state index contributed by atoms with van der Waals surface area (Å²) in [5, 5.41) is 38.5. The van der Waals surface area contributed by atoms with E-state index in [2.05, 4.69) is 9.24 Å². The van der Waals surface area contributed by atoms with Gasteiger partial charge in [0.25, 0.3) is 0 Å². The van der Waals surface area contributed by atoms with Gasteiger partial charge in [-0.1, -0.05) is 6.92 Å². The zero-order valence-corrected chi connectivity index (χ0v) is 12.0. The molecule has 1 rings (SSSR count). The lowest BCUT2D eigenvalue weighted by Gasteiger charge is -2.41. The minimum atomic E-state index is -1.11. The normalized spacial score (nSPS) is 36.7. The Kier molecular flexibility index (Phi) is 6.41. The molecule has 1 heterocycles. The Bertz CT molecular complexity index is 256. The second-order valence-corrected chi connectivity index (χ2v) is 6.02. The van der Waals surface area contributed by atoms with Crippen LogP contribution in [0.2, 0.25) is 0 Å². The first-order chi connectivity index (χ1) is 8.38. The molecule has 0 aromatic carbocycles. The molecule has 6 nitrogen and oxygen atoms in total. The van der Waals surface area contributed by atoms with Crippen LogP contribution in [-0.2, 0) is 4.74 Å². The smallest absolute Gasteiger partial charge is 0.110 e.